The van der Waals surface area contributed by atoms with Crippen LogP contribution >= 0.6 is 0 Å². The molecule has 0 saturated heterocycles. The number of aliphatic hydroxyl groups is 1. The number of hydrogen-bond acceptors (Lipinski definition) is 1. The third-order valence-corrected chi connectivity index (χ3v) is 1.60. The van der Waals surface area contributed by atoms with Gasteiger partial charge in [0.25, 0.3) is 0 Å². The molecule has 1 aromatic carbocycles. The first-order valence-corrected chi connectivity index (χ1v) is 4.16. The van der Waals surface area contributed by atoms with E-state index in [1.54, 1.807) is 6.08 Å². The molecule has 68 valence electrons. The summed E-state index contributed by atoms with van der Waals surface area (Å²) in [5.74, 6) is 0.286. The maximum atomic E-state index is 9.57. The number of aliphatic hydroxyl groups excluding tert-OH is 1. The van der Waals surface area contributed by atoms with E-state index in [2.05, 4.69) is 0 Å². The topological polar surface area (TPSA) is 23.2 Å². The van der Waals surface area contributed by atoms with Crippen molar-refractivity contribution in [3.8, 4) is 0 Å². The highest BCUT2D eigenvalue weighted by Gasteiger charge is 1.95. The molecule has 0 aromatic heterocycles. The second kappa shape index (κ2) is 4.45. The first-order valence-electron chi connectivity index (χ1n) is 4.16. The molecule has 0 heterocycles. The van der Waals surface area contributed by atoms with E-state index in [-0.39, 0.29) is 5.76 Å². The van der Waals surface area contributed by atoms with Crippen LogP contribution in [0.15, 0.2) is 36.4 Å². The van der Waals surface area contributed by atoms with Crippen molar-refractivity contribution in [3.05, 3.63) is 42.0 Å². The molecule has 2 heteroatoms. The van der Waals surface area contributed by atoms with Gasteiger partial charge in [-0.1, -0.05) is 30.3 Å². The Kier molecular flexibility index (Phi) is 3.26. The number of benzene rings is 1. The average molecular weight is 176 g/mol. The lowest BCUT2D eigenvalue weighted by Crippen LogP contribution is -1.96. The molecule has 1 rings (SSSR count). The standard InChI is InChI=1S/C11H13NO/c1-12(2)9-8-11(13)10-6-4-3-5-7-10/h3-9H,1-2H3/p+1. The number of allylic oxidation sites excluding steroid dienone is 1. The summed E-state index contributed by atoms with van der Waals surface area (Å²) in [4.78, 5) is 0. The molecule has 0 bridgehead atoms. The Bertz CT molecular complexity index is 321. The van der Waals surface area contributed by atoms with Crippen molar-refractivity contribution in [2.45, 2.75) is 0 Å². The highest BCUT2D eigenvalue weighted by molar-refractivity contribution is 5.78. The fourth-order valence-corrected chi connectivity index (χ4v) is 0.925. The second-order valence-electron chi connectivity index (χ2n) is 3.03. The van der Waals surface area contributed by atoms with Gasteiger partial charge in [-0.15, -0.1) is 0 Å². The number of rotatable bonds is 2. The predicted molar refractivity (Wildman–Crippen MR) is 55.2 cm³/mol. The van der Waals surface area contributed by atoms with Gasteiger partial charge in [-0.2, -0.15) is 0 Å². The third kappa shape index (κ3) is 3.11. The van der Waals surface area contributed by atoms with Crippen molar-refractivity contribution in [3.63, 3.8) is 0 Å². The zero-order valence-electron chi connectivity index (χ0n) is 7.94. The molecule has 0 atom stereocenters. The summed E-state index contributed by atoms with van der Waals surface area (Å²) in [5.41, 5.74) is 0.834. The van der Waals surface area contributed by atoms with Gasteiger partial charge in [0.1, 0.15) is 19.9 Å². The van der Waals surface area contributed by atoms with Crippen LogP contribution in [-0.2, 0) is 0 Å². The molecular formula is C11H14NO+. The van der Waals surface area contributed by atoms with Gasteiger partial charge >= 0.3 is 0 Å². The smallest absolute Gasteiger partial charge is 0.166 e. The van der Waals surface area contributed by atoms with Crippen LogP contribution in [0.25, 0.3) is 5.76 Å². The van der Waals surface area contributed by atoms with E-state index in [0.29, 0.717) is 0 Å². The monoisotopic (exact) mass is 176 g/mol. The molecule has 2 nitrogen and oxygen atoms in total. The zero-order chi connectivity index (χ0) is 9.68. The van der Waals surface area contributed by atoms with Crippen LogP contribution in [0.1, 0.15) is 5.56 Å². The van der Waals surface area contributed by atoms with Crippen molar-refractivity contribution < 1.29 is 9.68 Å². The fraction of sp³-hybridized carbons (Fsp3) is 0.182. The van der Waals surface area contributed by atoms with Crippen LogP contribution in [-0.4, -0.2) is 30.0 Å². The highest BCUT2D eigenvalue weighted by Crippen LogP contribution is 2.08. The van der Waals surface area contributed by atoms with Gasteiger partial charge in [-0.05, 0) is 0 Å². The molecule has 0 saturated carbocycles. The van der Waals surface area contributed by atoms with E-state index in [4.69, 9.17) is 0 Å². The Hall–Kier alpha value is -1.57. The van der Waals surface area contributed by atoms with Crippen molar-refractivity contribution >= 4 is 12.0 Å². The lowest BCUT2D eigenvalue weighted by atomic mass is 10.2. The van der Waals surface area contributed by atoms with Crippen LogP contribution in [0.4, 0.5) is 0 Å². The maximum Gasteiger partial charge on any atom is 0.166 e. The van der Waals surface area contributed by atoms with E-state index in [1.165, 1.54) is 0 Å². The van der Waals surface area contributed by atoms with E-state index in [9.17, 15) is 5.11 Å². The lowest BCUT2D eigenvalue weighted by molar-refractivity contribution is -0.458. The largest absolute Gasteiger partial charge is 0.507 e. The van der Waals surface area contributed by atoms with E-state index in [1.807, 2.05) is 55.2 Å². The van der Waals surface area contributed by atoms with Gasteiger partial charge in [0.2, 0.25) is 0 Å². The van der Waals surface area contributed by atoms with E-state index >= 15 is 0 Å². The van der Waals surface area contributed by atoms with Gasteiger partial charge in [-0.3, -0.25) is 0 Å². The average Bonchev–Trinajstić information content (AvgIpc) is 2.15. The molecule has 0 fully saturated rings. The first-order chi connectivity index (χ1) is 6.20. The van der Waals surface area contributed by atoms with Crippen LogP contribution in [0.5, 0.6) is 0 Å². The second-order valence-corrected chi connectivity index (χ2v) is 3.03. The summed E-state index contributed by atoms with van der Waals surface area (Å²) < 4.78 is 1.87. The predicted octanol–water partition coefficient (Wildman–Crippen LogP) is 1.93. The molecule has 0 aliphatic rings. The minimum absolute atomic E-state index is 0.286. The van der Waals surface area contributed by atoms with E-state index < -0.39 is 0 Å². The molecule has 1 aromatic rings. The fourth-order valence-electron chi connectivity index (χ4n) is 0.925. The number of hydrogen-bond donors (Lipinski definition) is 1. The summed E-state index contributed by atoms with van der Waals surface area (Å²) in [6.07, 6.45) is 3.48. The van der Waals surface area contributed by atoms with Gasteiger partial charge in [0.05, 0.1) is 0 Å². The molecule has 1 N–H and O–H groups in total. The van der Waals surface area contributed by atoms with Crippen LogP contribution in [0.3, 0.4) is 0 Å². The Morgan fingerprint density at radius 2 is 1.85 bits per heavy atom. The van der Waals surface area contributed by atoms with Gasteiger partial charge in [0, 0.05) is 11.6 Å². The zero-order valence-corrected chi connectivity index (χ0v) is 7.94. The molecule has 0 spiro atoms. The molecule has 0 amide bonds. The lowest BCUT2D eigenvalue weighted by Gasteiger charge is -1.96. The molecule has 0 aliphatic heterocycles. The minimum atomic E-state index is 0.286. The highest BCUT2D eigenvalue weighted by atomic mass is 16.3. The van der Waals surface area contributed by atoms with Crippen LogP contribution in [0, 0.1) is 0 Å². The molecular weight excluding hydrogens is 162 g/mol. The summed E-state index contributed by atoms with van der Waals surface area (Å²) in [7, 11) is 3.82. The Morgan fingerprint density at radius 3 is 2.38 bits per heavy atom. The van der Waals surface area contributed by atoms with Gasteiger partial charge in [0.15, 0.2) is 6.21 Å². The van der Waals surface area contributed by atoms with Gasteiger partial charge in [-0.25, -0.2) is 4.58 Å². The van der Waals surface area contributed by atoms with Crippen molar-refractivity contribution in [2.24, 2.45) is 0 Å². The van der Waals surface area contributed by atoms with E-state index in [0.717, 1.165) is 5.56 Å². The minimum Gasteiger partial charge on any atom is -0.507 e. The Labute approximate surface area is 78.5 Å². The number of nitrogens with zero attached hydrogens (tertiary/aromatic N) is 1. The SMILES string of the molecule is C[N+](C)=C/C=C(\O)c1ccccc1. The van der Waals surface area contributed by atoms with Crippen molar-refractivity contribution in [2.75, 3.05) is 14.1 Å². The quantitative estimate of drug-likeness (QED) is 0.415. The van der Waals surface area contributed by atoms with Crippen LogP contribution < -0.4 is 0 Å². The normalized spacial score (nSPS) is 11.1. The maximum absolute atomic E-state index is 9.57. The van der Waals surface area contributed by atoms with Gasteiger partial charge < -0.3 is 5.11 Å². The molecule has 0 radical (unpaired) electrons. The summed E-state index contributed by atoms with van der Waals surface area (Å²) in [6, 6.07) is 9.46. The van der Waals surface area contributed by atoms with Crippen molar-refractivity contribution in [1.29, 1.82) is 0 Å². The van der Waals surface area contributed by atoms with Crippen molar-refractivity contribution in [1.82, 2.24) is 0 Å². The molecule has 0 aliphatic carbocycles. The summed E-state index contributed by atoms with van der Waals surface area (Å²) in [6.45, 7) is 0. The summed E-state index contributed by atoms with van der Waals surface area (Å²) >= 11 is 0. The van der Waals surface area contributed by atoms with Crippen LogP contribution in [0.2, 0.25) is 0 Å². The Balaban J connectivity index is 2.86. The first kappa shape index (κ1) is 9.52. The Morgan fingerprint density at radius 1 is 1.23 bits per heavy atom. The summed E-state index contributed by atoms with van der Waals surface area (Å²) in [5, 5.41) is 9.57. The third-order valence-electron chi connectivity index (χ3n) is 1.60. The molecule has 13 heavy (non-hydrogen) atoms. The molecule has 0 unspecified atom stereocenters.